The fourth-order valence-electron chi connectivity index (χ4n) is 3.80. The Hall–Kier alpha value is -3.11. The Morgan fingerprint density at radius 1 is 1.18 bits per heavy atom. The van der Waals surface area contributed by atoms with Crippen molar-refractivity contribution in [3.05, 3.63) is 53.6 Å². The zero-order valence-electron chi connectivity index (χ0n) is 19.9. The highest BCUT2D eigenvalue weighted by Gasteiger charge is 2.25. The minimum Gasteiger partial charge on any atom is -0.496 e. The summed E-state index contributed by atoms with van der Waals surface area (Å²) in [7, 11) is -2.10. The predicted octanol–water partition coefficient (Wildman–Crippen LogP) is 2.07. The Morgan fingerprint density at radius 3 is 2.38 bits per heavy atom. The fourth-order valence-corrected chi connectivity index (χ4v) is 4.82. The molecule has 0 spiro atoms. The standard InChI is InChI=1S/C17H27N3O4S.C7H7NO/c1-4-20-8-6-7-12(20)11-19-17(21)13-9-16(25(22,23)5-2)14(18)10-15(13)24-3;8-7(9)6-4-2-1-3-5-6/h9-10,12H,4-8,11,18H2,1-3H3,(H,19,21);1-5H,(H2,8,9). The van der Waals surface area contributed by atoms with Gasteiger partial charge in [0, 0.05) is 24.2 Å². The van der Waals surface area contributed by atoms with Crippen LogP contribution in [0.2, 0.25) is 0 Å². The number of ether oxygens (including phenoxy) is 1. The number of amides is 2. The Kier molecular flexibility index (Phi) is 9.88. The minimum absolute atomic E-state index is 0.0306. The van der Waals surface area contributed by atoms with E-state index in [1.165, 1.54) is 26.2 Å². The van der Waals surface area contributed by atoms with Gasteiger partial charge in [-0.2, -0.15) is 0 Å². The summed E-state index contributed by atoms with van der Waals surface area (Å²) in [5.41, 5.74) is 11.6. The fraction of sp³-hybridized carbons (Fsp3) is 0.417. The molecule has 5 N–H and O–H groups in total. The highest BCUT2D eigenvalue weighted by molar-refractivity contribution is 7.91. The molecule has 0 radical (unpaired) electrons. The third kappa shape index (κ3) is 6.94. The first-order chi connectivity index (χ1) is 16.1. The quantitative estimate of drug-likeness (QED) is 0.480. The van der Waals surface area contributed by atoms with Gasteiger partial charge in [-0.3, -0.25) is 14.5 Å². The number of likely N-dealkylation sites (tertiary alicyclic amines) is 1. The summed E-state index contributed by atoms with van der Waals surface area (Å²) in [5.74, 6) is -0.551. The molecule has 3 rings (SSSR count). The van der Waals surface area contributed by atoms with Crippen molar-refractivity contribution in [3.8, 4) is 5.75 Å². The van der Waals surface area contributed by atoms with E-state index in [2.05, 4.69) is 17.1 Å². The van der Waals surface area contributed by atoms with E-state index in [-0.39, 0.29) is 39.5 Å². The molecule has 9 nitrogen and oxygen atoms in total. The Bertz CT molecular complexity index is 1090. The largest absolute Gasteiger partial charge is 0.496 e. The van der Waals surface area contributed by atoms with Crippen LogP contribution in [-0.2, 0) is 9.84 Å². The number of methoxy groups -OCH3 is 1. The summed E-state index contributed by atoms with van der Waals surface area (Å²) in [6.07, 6.45) is 2.17. The molecular formula is C24H34N4O5S. The number of benzene rings is 2. The van der Waals surface area contributed by atoms with Crippen molar-refractivity contribution in [2.45, 2.75) is 37.6 Å². The highest BCUT2D eigenvalue weighted by atomic mass is 32.2. The van der Waals surface area contributed by atoms with Gasteiger partial charge in [-0.15, -0.1) is 0 Å². The van der Waals surface area contributed by atoms with Gasteiger partial charge >= 0.3 is 0 Å². The van der Waals surface area contributed by atoms with Crippen molar-refractivity contribution in [3.63, 3.8) is 0 Å². The molecule has 2 amide bonds. The van der Waals surface area contributed by atoms with E-state index in [9.17, 15) is 18.0 Å². The van der Waals surface area contributed by atoms with Gasteiger partial charge in [0.2, 0.25) is 5.91 Å². The summed E-state index contributed by atoms with van der Waals surface area (Å²) in [6, 6.07) is 11.8. The van der Waals surface area contributed by atoms with Gasteiger partial charge in [0.1, 0.15) is 5.75 Å². The lowest BCUT2D eigenvalue weighted by Crippen LogP contribution is -2.40. The van der Waals surface area contributed by atoms with Gasteiger partial charge in [0.25, 0.3) is 5.91 Å². The van der Waals surface area contributed by atoms with Crippen LogP contribution in [0.1, 0.15) is 47.4 Å². The molecule has 1 unspecified atom stereocenters. The first kappa shape index (κ1) is 27.1. The van der Waals surface area contributed by atoms with Crippen molar-refractivity contribution < 1.29 is 22.7 Å². The number of nitrogens with zero attached hydrogens (tertiary/aromatic N) is 1. The number of nitrogens with two attached hydrogens (primary N) is 2. The first-order valence-electron chi connectivity index (χ1n) is 11.2. The molecule has 0 bridgehead atoms. The molecule has 34 heavy (non-hydrogen) atoms. The van der Waals surface area contributed by atoms with Crippen LogP contribution in [-0.4, -0.2) is 63.7 Å². The van der Waals surface area contributed by atoms with Gasteiger partial charge in [-0.05, 0) is 44.1 Å². The molecule has 2 aromatic rings. The highest BCUT2D eigenvalue weighted by Crippen LogP contribution is 2.29. The van der Waals surface area contributed by atoms with Crippen LogP contribution in [0.25, 0.3) is 0 Å². The molecule has 0 aliphatic carbocycles. The zero-order chi connectivity index (χ0) is 25.3. The van der Waals surface area contributed by atoms with Gasteiger partial charge in [0.05, 0.1) is 29.0 Å². The van der Waals surface area contributed by atoms with Crippen LogP contribution in [0.15, 0.2) is 47.4 Å². The van der Waals surface area contributed by atoms with E-state index in [1.807, 2.05) is 6.07 Å². The topological polar surface area (TPSA) is 145 Å². The number of hydrogen-bond donors (Lipinski definition) is 3. The number of sulfone groups is 1. The van der Waals surface area contributed by atoms with E-state index in [0.29, 0.717) is 18.2 Å². The molecular weight excluding hydrogens is 456 g/mol. The molecule has 1 atom stereocenters. The number of rotatable bonds is 8. The molecule has 1 heterocycles. The van der Waals surface area contributed by atoms with Crippen molar-refractivity contribution in [1.29, 1.82) is 0 Å². The average molecular weight is 491 g/mol. The number of primary amides is 1. The molecule has 0 saturated carbocycles. The third-order valence-corrected chi connectivity index (χ3v) is 7.54. The minimum atomic E-state index is -3.52. The molecule has 1 aliphatic heterocycles. The molecule has 1 fully saturated rings. The lowest BCUT2D eigenvalue weighted by atomic mass is 10.1. The van der Waals surface area contributed by atoms with E-state index in [0.717, 1.165) is 25.9 Å². The van der Waals surface area contributed by atoms with Gasteiger partial charge < -0.3 is 21.5 Å². The van der Waals surface area contributed by atoms with Crippen LogP contribution >= 0.6 is 0 Å². The number of anilines is 1. The number of nitrogens with one attached hydrogen (secondary N) is 1. The summed E-state index contributed by atoms with van der Waals surface area (Å²) < 4.78 is 29.6. The maximum Gasteiger partial charge on any atom is 0.255 e. The Morgan fingerprint density at radius 2 is 1.85 bits per heavy atom. The predicted molar refractivity (Wildman–Crippen MR) is 133 cm³/mol. The number of likely N-dealkylation sites (N-methyl/N-ethyl adjacent to an activating group) is 1. The second kappa shape index (κ2) is 12.4. The first-order valence-corrected chi connectivity index (χ1v) is 12.9. The second-order valence-corrected chi connectivity index (χ2v) is 10.1. The van der Waals surface area contributed by atoms with Crippen LogP contribution in [0, 0.1) is 0 Å². The van der Waals surface area contributed by atoms with Crippen LogP contribution in [0.4, 0.5) is 5.69 Å². The smallest absolute Gasteiger partial charge is 0.255 e. The van der Waals surface area contributed by atoms with Gasteiger partial charge in [-0.1, -0.05) is 32.0 Å². The lowest BCUT2D eigenvalue weighted by molar-refractivity contribution is 0.0937. The summed E-state index contributed by atoms with van der Waals surface area (Å²) in [4.78, 5) is 25.3. The molecule has 1 saturated heterocycles. The van der Waals surface area contributed by atoms with Crippen molar-refractivity contribution >= 4 is 27.3 Å². The maximum absolute atomic E-state index is 12.6. The zero-order valence-corrected chi connectivity index (χ0v) is 20.7. The van der Waals surface area contributed by atoms with E-state index in [4.69, 9.17) is 16.2 Å². The average Bonchev–Trinajstić information content (AvgIpc) is 3.30. The van der Waals surface area contributed by atoms with E-state index >= 15 is 0 Å². The number of nitrogen functional groups attached to an aromatic ring is 1. The number of carbonyl (C=O) groups is 2. The molecule has 2 aromatic carbocycles. The maximum atomic E-state index is 12.6. The van der Waals surface area contributed by atoms with Crippen LogP contribution in [0.3, 0.4) is 0 Å². The molecule has 0 aromatic heterocycles. The van der Waals surface area contributed by atoms with E-state index in [1.54, 1.807) is 24.3 Å². The second-order valence-electron chi connectivity index (χ2n) is 7.86. The molecule has 186 valence electrons. The van der Waals surface area contributed by atoms with Crippen molar-refractivity contribution in [1.82, 2.24) is 10.2 Å². The summed E-state index contributed by atoms with van der Waals surface area (Å²) >= 11 is 0. The normalized spacial score (nSPS) is 15.8. The van der Waals surface area contributed by atoms with E-state index < -0.39 is 9.84 Å². The van der Waals surface area contributed by atoms with Crippen LogP contribution in [0.5, 0.6) is 5.75 Å². The third-order valence-electron chi connectivity index (χ3n) is 5.75. The number of hydrogen-bond acceptors (Lipinski definition) is 7. The number of carbonyl (C=O) groups excluding carboxylic acids is 2. The molecule has 1 aliphatic rings. The van der Waals surface area contributed by atoms with Crippen molar-refractivity contribution in [2.24, 2.45) is 5.73 Å². The summed E-state index contributed by atoms with van der Waals surface area (Å²) in [5, 5.41) is 2.90. The Labute approximate surface area is 201 Å². The summed E-state index contributed by atoms with van der Waals surface area (Å²) in [6.45, 7) is 6.16. The molecule has 10 heteroatoms. The monoisotopic (exact) mass is 490 g/mol. The van der Waals surface area contributed by atoms with Crippen molar-refractivity contribution in [2.75, 3.05) is 38.2 Å². The SMILES string of the molecule is CCN1CCCC1CNC(=O)c1cc(S(=O)(=O)CC)c(N)cc1OC.NC(=O)c1ccccc1. The van der Waals surface area contributed by atoms with Gasteiger partial charge in [0.15, 0.2) is 9.84 Å². The Balaban J connectivity index is 0.000000379. The lowest BCUT2D eigenvalue weighted by Gasteiger charge is -2.23. The van der Waals surface area contributed by atoms with Gasteiger partial charge in [-0.25, -0.2) is 8.42 Å². The van der Waals surface area contributed by atoms with Crippen LogP contribution < -0.4 is 21.5 Å².